The number of rotatable bonds is 7. The number of hydrogen-bond donors (Lipinski definition) is 0. The standard InChI is InChI=1S/C60H50N2/c1-3-10-39(11-4-1)40-26-31-49(32-27-40)61(50-33-28-45(29-34-50)60-58-43-22-18-41(19-23-43)53(58)38-54-42-20-24-44(25-21-42)59(54)60)51-15-9-12-46(36-51)47-30-35-57-55(37-47)52-16-7-8-17-56(52)62(57)48-13-5-2-6-14-48/h1-17,26-38,41-44H,18-25H2. The van der Waals surface area contributed by atoms with E-state index in [4.69, 9.17) is 0 Å². The quantitative estimate of drug-likeness (QED) is 0.156. The number of hydrogen-bond acceptors (Lipinski definition) is 1. The lowest BCUT2D eigenvalue weighted by Crippen LogP contribution is -2.28. The zero-order valence-corrected chi connectivity index (χ0v) is 35.2. The minimum Gasteiger partial charge on any atom is -0.310 e. The second-order valence-electron chi connectivity index (χ2n) is 18.6. The Labute approximate surface area is 365 Å². The molecule has 9 aromatic rings. The van der Waals surface area contributed by atoms with Crippen LogP contribution in [-0.4, -0.2) is 4.57 Å². The molecule has 4 bridgehead atoms. The van der Waals surface area contributed by atoms with E-state index in [9.17, 15) is 0 Å². The predicted octanol–water partition coefficient (Wildman–Crippen LogP) is 16.8. The van der Waals surface area contributed by atoms with Gasteiger partial charge in [-0.1, -0.05) is 115 Å². The number of fused-ring (bicyclic) bond motifs is 7. The van der Waals surface area contributed by atoms with Gasteiger partial charge in [0.15, 0.2) is 0 Å². The summed E-state index contributed by atoms with van der Waals surface area (Å²) in [6, 6.07) is 68.1. The van der Waals surface area contributed by atoms with Crippen LogP contribution in [0, 0.1) is 0 Å². The number of aromatic nitrogens is 1. The molecule has 0 atom stereocenters. The van der Waals surface area contributed by atoms with Crippen molar-refractivity contribution in [3.8, 4) is 39.1 Å². The SMILES string of the molecule is c1ccc(-c2ccc(N(c3ccc(-c4c5c(cc6c4C4CCC6CC4)C4CCC5CC4)cc3)c3cccc(-c4ccc5c(c4)c4ccccc4n5-c4ccccc4)c3)cc2)cc1. The summed E-state index contributed by atoms with van der Waals surface area (Å²) in [5, 5.41) is 2.54. The van der Waals surface area contributed by atoms with Crippen molar-refractivity contribution in [3.05, 3.63) is 204 Å². The predicted molar refractivity (Wildman–Crippen MR) is 260 cm³/mol. The van der Waals surface area contributed by atoms with E-state index in [2.05, 4.69) is 191 Å². The largest absolute Gasteiger partial charge is 0.310 e. The van der Waals surface area contributed by atoms with Crippen LogP contribution in [0.2, 0.25) is 0 Å². The Morgan fingerprint density at radius 3 is 1.50 bits per heavy atom. The van der Waals surface area contributed by atoms with Gasteiger partial charge in [0.25, 0.3) is 0 Å². The van der Waals surface area contributed by atoms with Crippen molar-refractivity contribution in [3.63, 3.8) is 0 Å². The van der Waals surface area contributed by atoms with Gasteiger partial charge in [0.2, 0.25) is 0 Å². The molecule has 2 nitrogen and oxygen atoms in total. The van der Waals surface area contributed by atoms with E-state index in [1.54, 1.807) is 27.8 Å². The topological polar surface area (TPSA) is 8.17 Å². The first-order valence-electron chi connectivity index (χ1n) is 23.2. The van der Waals surface area contributed by atoms with Crippen LogP contribution in [0.25, 0.3) is 60.9 Å². The van der Waals surface area contributed by atoms with Gasteiger partial charge in [-0.05, 0) is 197 Å². The Hall–Kier alpha value is -6.64. The summed E-state index contributed by atoms with van der Waals surface area (Å²) in [5.74, 6) is 2.94. The molecule has 0 spiro atoms. The van der Waals surface area contributed by atoms with E-state index in [1.807, 2.05) is 0 Å². The smallest absolute Gasteiger partial charge is 0.0541 e. The molecule has 2 fully saturated rings. The van der Waals surface area contributed by atoms with Gasteiger partial charge in [-0.25, -0.2) is 0 Å². The maximum atomic E-state index is 2.74. The first-order valence-corrected chi connectivity index (χ1v) is 23.2. The maximum Gasteiger partial charge on any atom is 0.0541 e. The van der Waals surface area contributed by atoms with Crippen molar-refractivity contribution in [2.75, 3.05) is 4.90 Å². The molecular formula is C60H50N2. The molecule has 0 radical (unpaired) electrons. The van der Waals surface area contributed by atoms with Gasteiger partial charge in [-0.15, -0.1) is 0 Å². The molecule has 2 saturated carbocycles. The normalized spacial score (nSPS) is 19.7. The lowest BCUT2D eigenvalue weighted by molar-refractivity contribution is 0.342. The van der Waals surface area contributed by atoms with Crippen molar-refractivity contribution >= 4 is 38.9 Å². The highest BCUT2D eigenvalue weighted by Gasteiger charge is 2.42. The zero-order valence-electron chi connectivity index (χ0n) is 35.2. The maximum absolute atomic E-state index is 2.74. The number of nitrogens with zero attached hydrogens (tertiary/aromatic N) is 2. The summed E-state index contributed by atoms with van der Waals surface area (Å²) in [4.78, 5) is 2.46. The molecule has 15 rings (SSSR count). The van der Waals surface area contributed by atoms with Crippen molar-refractivity contribution < 1.29 is 0 Å². The van der Waals surface area contributed by atoms with Crippen molar-refractivity contribution in [1.29, 1.82) is 0 Å². The van der Waals surface area contributed by atoms with Gasteiger partial charge in [0.1, 0.15) is 0 Å². The fraction of sp³-hybridized carbons (Fsp3) is 0.200. The van der Waals surface area contributed by atoms with Crippen LogP contribution >= 0.6 is 0 Å². The second kappa shape index (κ2) is 14.5. The van der Waals surface area contributed by atoms with Crippen LogP contribution in [0.3, 0.4) is 0 Å². The fourth-order valence-electron chi connectivity index (χ4n) is 12.5. The van der Waals surface area contributed by atoms with Crippen LogP contribution in [0.4, 0.5) is 17.1 Å². The molecule has 0 amide bonds. The summed E-state index contributed by atoms with van der Waals surface area (Å²) in [6.07, 6.45) is 11.0. The summed E-state index contributed by atoms with van der Waals surface area (Å²) in [5.41, 5.74) is 22.0. The van der Waals surface area contributed by atoms with Crippen LogP contribution in [0.1, 0.15) is 97.3 Å². The van der Waals surface area contributed by atoms with Crippen molar-refractivity contribution in [1.82, 2.24) is 4.57 Å². The lowest BCUT2D eigenvalue weighted by atomic mass is 9.59. The number of para-hydroxylation sites is 2. The third kappa shape index (κ3) is 5.76. The zero-order chi connectivity index (χ0) is 40.7. The Kier molecular flexibility index (Phi) is 8.42. The first-order chi connectivity index (χ1) is 30.7. The summed E-state index contributed by atoms with van der Waals surface area (Å²) in [6.45, 7) is 0. The Morgan fingerprint density at radius 2 is 0.839 bits per heavy atom. The number of benzene rings is 8. The van der Waals surface area contributed by atoms with Gasteiger partial charge in [0.05, 0.1) is 11.0 Å². The van der Waals surface area contributed by atoms with E-state index in [0.717, 1.165) is 23.2 Å². The third-order valence-electron chi connectivity index (χ3n) is 15.4. The summed E-state index contributed by atoms with van der Waals surface area (Å²) < 4.78 is 2.39. The molecule has 2 heteroatoms. The molecule has 0 aliphatic heterocycles. The molecular weight excluding hydrogens is 749 g/mol. The molecule has 0 saturated heterocycles. The second-order valence-corrected chi connectivity index (χ2v) is 18.6. The van der Waals surface area contributed by atoms with Gasteiger partial charge < -0.3 is 9.47 Å². The van der Waals surface area contributed by atoms with E-state index >= 15 is 0 Å². The highest BCUT2D eigenvalue weighted by atomic mass is 15.1. The van der Waals surface area contributed by atoms with Crippen LogP contribution in [0.5, 0.6) is 0 Å². The molecule has 1 heterocycles. The van der Waals surface area contributed by atoms with Crippen LogP contribution in [-0.2, 0) is 0 Å². The third-order valence-corrected chi connectivity index (χ3v) is 15.4. The van der Waals surface area contributed by atoms with Crippen LogP contribution < -0.4 is 4.90 Å². The van der Waals surface area contributed by atoms with E-state index in [0.29, 0.717) is 11.8 Å². The minimum atomic E-state index is 0.715. The highest BCUT2D eigenvalue weighted by molar-refractivity contribution is 6.10. The van der Waals surface area contributed by atoms with Crippen molar-refractivity contribution in [2.24, 2.45) is 0 Å². The average molecular weight is 799 g/mol. The highest BCUT2D eigenvalue weighted by Crippen LogP contribution is 2.60. The van der Waals surface area contributed by atoms with E-state index < -0.39 is 0 Å². The lowest BCUT2D eigenvalue weighted by Gasteiger charge is -2.46. The Bertz CT molecular complexity index is 3080. The van der Waals surface area contributed by atoms with Gasteiger partial charge in [-0.2, -0.15) is 0 Å². The van der Waals surface area contributed by atoms with Crippen LogP contribution in [0.15, 0.2) is 182 Å². The Balaban J connectivity index is 0.935. The summed E-state index contributed by atoms with van der Waals surface area (Å²) in [7, 11) is 0. The molecule has 300 valence electrons. The monoisotopic (exact) mass is 798 g/mol. The molecule has 0 N–H and O–H groups in total. The molecule has 62 heavy (non-hydrogen) atoms. The molecule has 1 aromatic heterocycles. The summed E-state index contributed by atoms with van der Waals surface area (Å²) >= 11 is 0. The van der Waals surface area contributed by atoms with E-state index in [1.165, 1.54) is 112 Å². The van der Waals surface area contributed by atoms with Crippen molar-refractivity contribution in [2.45, 2.75) is 75.0 Å². The molecule has 8 aromatic carbocycles. The molecule has 0 unspecified atom stereocenters. The fourth-order valence-corrected chi connectivity index (χ4v) is 12.5. The average Bonchev–Trinajstić information content (AvgIpc) is 3.69. The van der Waals surface area contributed by atoms with E-state index in [-0.39, 0.29) is 0 Å². The minimum absolute atomic E-state index is 0.715. The van der Waals surface area contributed by atoms with Gasteiger partial charge in [0, 0.05) is 33.5 Å². The number of anilines is 3. The van der Waals surface area contributed by atoms with Gasteiger partial charge >= 0.3 is 0 Å². The Morgan fingerprint density at radius 1 is 0.339 bits per heavy atom. The molecule has 6 aliphatic rings. The first kappa shape index (κ1) is 36.1. The molecule has 6 aliphatic carbocycles. The van der Waals surface area contributed by atoms with Gasteiger partial charge in [-0.3, -0.25) is 0 Å².